The molecule has 1 amide bonds. The molecular weight excluding hydrogens is 516 g/mol. The summed E-state index contributed by atoms with van der Waals surface area (Å²) in [6.45, 7) is 3.15. The third-order valence-electron chi connectivity index (χ3n) is 7.68. The summed E-state index contributed by atoms with van der Waals surface area (Å²) in [6, 6.07) is 23.9. The molecule has 0 bridgehead atoms. The summed E-state index contributed by atoms with van der Waals surface area (Å²) in [7, 11) is 0. The van der Waals surface area contributed by atoms with E-state index in [0.717, 1.165) is 45.4 Å². The van der Waals surface area contributed by atoms with Gasteiger partial charge in [-0.25, -0.2) is 0 Å². The molecule has 1 atom stereocenters. The number of aromatic nitrogens is 2. The number of carboxylic acids is 1. The summed E-state index contributed by atoms with van der Waals surface area (Å²) >= 11 is 0. The van der Waals surface area contributed by atoms with Gasteiger partial charge in [0.25, 0.3) is 6.01 Å². The molecule has 0 saturated heterocycles. The molecule has 41 heavy (non-hydrogen) atoms. The Bertz CT molecular complexity index is 1730. The van der Waals surface area contributed by atoms with Gasteiger partial charge in [0.1, 0.15) is 5.52 Å². The fourth-order valence-electron chi connectivity index (χ4n) is 5.45. The maximum atomic E-state index is 13.4. The number of oxazole rings is 1. The number of carbonyl (C=O) groups excluding carboxylic acids is 1. The average molecular weight is 547 g/mol. The fourth-order valence-corrected chi connectivity index (χ4v) is 5.45. The second-order valence-electron chi connectivity index (χ2n) is 10.5. The molecule has 1 aliphatic rings. The number of fused-ring (bicyclic) bond motifs is 2. The van der Waals surface area contributed by atoms with Crippen LogP contribution in [-0.4, -0.2) is 38.4 Å². The molecule has 0 saturated carbocycles. The number of nitrogens with zero attached hydrogens (tertiary/aromatic N) is 3. The van der Waals surface area contributed by atoms with Crippen LogP contribution in [0.2, 0.25) is 0 Å². The minimum absolute atomic E-state index is 0.0161. The lowest BCUT2D eigenvalue weighted by atomic mass is 9.86. The number of carboxylic acid groups (broad SMARTS) is 1. The Morgan fingerprint density at radius 2 is 1.83 bits per heavy atom. The molecule has 0 aliphatic carbocycles. The number of carbonyl (C=O) groups is 2. The first-order valence-electron chi connectivity index (χ1n) is 13.7. The maximum Gasteiger partial charge on any atom is 0.304 e. The Morgan fingerprint density at radius 3 is 2.63 bits per heavy atom. The van der Waals surface area contributed by atoms with Gasteiger partial charge in [0.05, 0.1) is 12.8 Å². The van der Waals surface area contributed by atoms with Gasteiger partial charge in [-0.3, -0.25) is 14.6 Å². The van der Waals surface area contributed by atoms with Crippen LogP contribution in [0.25, 0.3) is 11.1 Å². The number of pyridine rings is 1. The lowest BCUT2D eigenvalue weighted by Gasteiger charge is -2.30. The van der Waals surface area contributed by atoms with Crippen LogP contribution in [0.1, 0.15) is 45.7 Å². The lowest BCUT2D eigenvalue weighted by Crippen LogP contribution is -2.37. The largest absolute Gasteiger partial charge is 0.481 e. The van der Waals surface area contributed by atoms with Gasteiger partial charge in [0.2, 0.25) is 5.91 Å². The number of para-hydroxylation sites is 1. The van der Waals surface area contributed by atoms with Crippen molar-refractivity contribution in [3.63, 3.8) is 0 Å². The van der Waals surface area contributed by atoms with E-state index >= 15 is 0 Å². The number of nitrogens with one attached hydrogen (secondary N) is 1. The standard InChI is InChI=1S/C33H30N4O4/c1-21-4-2-3-5-28(21)35-33-36-29-9-6-22(16-30(29)41-33)17-31(38)37-15-12-23-7-8-25(18-26(23)20-37)27(19-32(39)40)24-10-13-34-14-11-24/h2-11,13-14,16,18,27H,12,15,17,19-20H2,1H3,(H,35,36)(H,39,40). The van der Waals surface area contributed by atoms with Crippen LogP contribution in [0.3, 0.4) is 0 Å². The molecule has 3 aromatic carbocycles. The Hall–Kier alpha value is -4.98. The third-order valence-corrected chi connectivity index (χ3v) is 7.68. The van der Waals surface area contributed by atoms with E-state index in [2.05, 4.69) is 27.4 Å². The molecule has 1 unspecified atom stereocenters. The van der Waals surface area contributed by atoms with E-state index in [-0.39, 0.29) is 24.7 Å². The number of aryl methyl sites for hydroxylation is 1. The van der Waals surface area contributed by atoms with Gasteiger partial charge in [-0.1, -0.05) is 42.5 Å². The van der Waals surface area contributed by atoms with Crippen LogP contribution >= 0.6 is 0 Å². The Balaban J connectivity index is 1.17. The summed E-state index contributed by atoms with van der Waals surface area (Å²) in [4.78, 5) is 35.5. The van der Waals surface area contributed by atoms with Gasteiger partial charge in [-0.05, 0) is 77.1 Å². The first-order valence-corrected chi connectivity index (χ1v) is 13.7. The molecule has 8 nitrogen and oxygen atoms in total. The molecule has 0 spiro atoms. The van der Waals surface area contributed by atoms with Gasteiger partial charge in [-0.15, -0.1) is 0 Å². The second kappa shape index (κ2) is 11.3. The quantitative estimate of drug-likeness (QED) is 0.245. The summed E-state index contributed by atoms with van der Waals surface area (Å²) in [6.07, 6.45) is 4.36. The van der Waals surface area contributed by atoms with Crippen LogP contribution in [-0.2, 0) is 29.0 Å². The van der Waals surface area contributed by atoms with Crippen molar-refractivity contribution < 1.29 is 19.1 Å². The monoisotopic (exact) mass is 546 g/mol. The van der Waals surface area contributed by atoms with Crippen molar-refractivity contribution in [3.8, 4) is 0 Å². The third kappa shape index (κ3) is 5.82. The fraction of sp³-hybridized carbons (Fsp3) is 0.212. The van der Waals surface area contributed by atoms with Crippen LogP contribution < -0.4 is 5.32 Å². The number of hydrogen-bond acceptors (Lipinski definition) is 6. The summed E-state index contributed by atoms with van der Waals surface area (Å²) in [5, 5.41) is 12.8. The van der Waals surface area contributed by atoms with E-state index < -0.39 is 5.97 Å². The topological polar surface area (TPSA) is 109 Å². The molecule has 8 heteroatoms. The lowest BCUT2D eigenvalue weighted by molar-refractivity contribution is -0.137. The molecule has 0 fully saturated rings. The predicted octanol–water partition coefficient (Wildman–Crippen LogP) is 6.01. The molecule has 206 valence electrons. The highest BCUT2D eigenvalue weighted by Crippen LogP contribution is 2.31. The molecule has 3 heterocycles. The van der Waals surface area contributed by atoms with Gasteiger partial charge >= 0.3 is 5.97 Å². The van der Waals surface area contributed by atoms with Gasteiger partial charge in [-0.2, -0.15) is 4.98 Å². The predicted molar refractivity (Wildman–Crippen MR) is 156 cm³/mol. The molecule has 2 aromatic heterocycles. The highest BCUT2D eigenvalue weighted by molar-refractivity contribution is 5.82. The Morgan fingerprint density at radius 1 is 1.00 bits per heavy atom. The van der Waals surface area contributed by atoms with Crippen molar-refractivity contribution in [1.82, 2.24) is 14.9 Å². The number of rotatable bonds is 8. The molecular formula is C33H30N4O4. The van der Waals surface area contributed by atoms with E-state index in [1.807, 2.05) is 72.5 Å². The van der Waals surface area contributed by atoms with Gasteiger partial charge < -0.3 is 19.7 Å². The maximum absolute atomic E-state index is 13.4. The van der Waals surface area contributed by atoms with Crippen LogP contribution in [0, 0.1) is 6.92 Å². The minimum Gasteiger partial charge on any atom is -0.481 e. The zero-order valence-electron chi connectivity index (χ0n) is 22.7. The zero-order chi connectivity index (χ0) is 28.3. The molecule has 5 aromatic rings. The molecule has 1 aliphatic heterocycles. The van der Waals surface area contributed by atoms with Crippen molar-refractivity contribution in [2.75, 3.05) is 11.9 Å². The minimum atomic E-state index is -0.858. The molecule has 2 N–H and O–H groups in total. The van der Waals surface area contributed by atoms with Crippen molar-refractivity contribution in [2.45, 2.75) is 38.6 Å². The number of benzene rings is 3. The number of aliphatic carboxylic acids is 1. The van der Waals surface area contributed by atoms with E-state index in [1.54, 1.807) is 12.4 Å². The first-order chi connectivity index (χ1) is 19.9. The van der Waals surface area contributed by atoms with Crippen molar-refractivity contribution in [2.24, 2.45) is 0 Å². The number of anilines is 2. The number of hydrogen-bond donors (Lipinski definition) is 2. The first kappa shape index (κ1) is 26.3. The normalized spacial score (nSPS) is 13.5. The highest BCUT2D eigenvalue weighted by Gasteiger charge is 2.24. The SMILES string of the molecule is Cc1ccccc1Nc1nc2ccc(CC(=O)N3CCc4ccc(C(CC(=O)O)c5ccncc5)cc4C3)cc2o1. The van der Waals surface area contributed by atoms with Crippen LogP contribution in [0.4, 0.5) is 11.7 Å². The van der Waals surface area contributed by atoms with Gasteiger partial charge in [0.15, 0.2) is 5.58 Å². The second-order valence-corrected chi connectivity index (χ2v) is 10.5. The molecule has 0 radical (unpaired) electrons. The van der Waals surface area contributed by atoms with Crippen molar-refractivity contribution >= 4 is 34.7 Å². The molecule has 6 rings (SSSR count). The van der Waals surface area contributed by atoms with E-state index in [1.165, 1.54) is 5.56 Å². The Kier molecular flexibility index (Phi) is 7.20. The van der Waals surface area contributed by atoms with Crippen LogP contribution in [0.5, 0.6) is 0 Å². The summed E-state index contributed by atoms with van der Waals surface area (Å²) in [5.41, 5.74) is 8.32. The smallest absolute Gasteiger partial charge is 0.304 e. The van der Waals surface area contributed by atoms with E-state index in [0.29, 0.717) is 24.7 Å². The highest BCUT2D eigenvalue weighted by atomic mass is 16.4. The van der Waals surface area contributed by atoms with Crippen molar-refractivity contribution in [3.05, 3.63) is 119 Å². The number of amides is 1. The summed E-state index contributed by atoms with van der Waals surface area (Å²) < 4.78 is 5.95. The summed E-state index contributed by atoms with van der Waals surface area (Å²) in [5.74, 6) is -1.11. The average Bonchev–Trinajstić information content (AvgIpc) is 3.38. The van der Waals surface area contributed by atoms with Crippen LogP contribution in [0.15, 0.2) is 89.6 Å². The van der Waals surface area contributed by atoms with E-state index in [9.17, 15) is 14.7 Å². The Labute approximate surface area is 237 Å². The van der Waals surface area contributed by atoms with E-state index in [4.69, 9.17) is 4.42 Å². The van der Waals surface area contributed by atoms with Gasteiger partial charge in [0, 0.05) is 37.1 Å². The van der Waals surface area contributed by atoms with Crippen molar-refractivity contribution in [1.29, 1.82) is 0 Å². The zero-order valence-corrected chi connectivity index (χ0v) is 22.7.